The lowest BCUT2D eigenvalue weighted by Crippen LogP contribution is -2.49. The van der Waals surface area contributed by atoms with Crippen molar-refractivity contribution >= 4 is 11.7 Å². The van der Waals surface area contributed by atoms with Crippen LogP contribution >= 0.6 is 0 Å². The van der Waals surface area contributed by atoms with Crippen molar-refractivity contribution in [3.63, 3.8) is 0 Å². The summed E-state index contributed by atoms with van der Waals surface area (Å²) in [5.74, 6) is 0.761. The maximum absolute atomic E-state index is 12.7. The molecule has 1 aliphatic rings. The van der Waals surface area contributed by atoms with Crippen LogP contribution in [-0.4, -0.2) is 61.9 Å². The predicted molar refractivity (Wildman–Crippen MR) is 95.7 cm³/mol. The summed E-state index contributed by atoms with van der Waals surface area (Å²) in [6.45, 7) is 3.30. The normalized spacial score (nSPS) is 14.5. The first-order chi connectivity index (χ1) is 12.8. The molecule has 2 aromatic heterocycles. The van der Waals surface area contributed by atoms with Gasteiger partial charge in [-0.2, -0.15) is 0 Å². The Morgan fingerprint density at radius 2 is 1.85 bits per heavy atom. The van der Waals surface area contributed by atoms with Crippen LogP contribution < -0.4 is 4.90 Å². The lowest BCUT2D eigenvalue weighted by atomic mass is 10.2. The molecule has 3 aromatic rings. The summed E-state index contributed by atoms with van der Waals surface area (Å²) in [6, 6.07) is 9.98. The minimum absolute atomic E-state index is 0.0805. The van der Waals surface area contributed by atoms with Gasteiger partial charge in [0.2, 0.25) is 0 Å². The maximum atomic E-state index is 12.7. The van der Waals surface area contributed by atoms with Crippen LogP contribution in [0.25, 0.3) is 0 Å². The zero-order valence-corrected chi connectivity index (χ0v) is 14.3. The van der Waals surface area contributed by atoms with Gasteiger partial charge in [-0.05, 0) is 5.56 Å². The predicted octanol–water partition coefficient (Wildman–Crippen LogP) is 1.08. The number of rotatable bonds is 4. The van der Waals surface area contributed by atoms with Crippen LogP contribution in [-0.2, 0) is 6.54 Å². The molecule has 0 saturated carbocycles. The Bertz CT molecular complexity index is 858. The van der Waals surface area contributed by atoms with Gasteiger partial charge in [0.15, 0.2) is 5.69 Å². The van der Waals surface area contributed by atoms with Crippen molar-refractivity contribution in [3.05, 3.63) is 66.4 Å². The second-order valence-corrected chi connectivity index (χ2v) is 6.13. The van der Waals surface area contributed by atoms with Gasteiger partial charge in [-0.25, -0.2) is 9.67 Å². The average molecular weight is 349 g/mol. The summed E-state index contributed by atoms with van der Waals surface area (Å²) in [4.78, 5) is 25.0. The fourth-order valence-electron chi connectivity index (χ4n) is 3.00. The number of hydrogen-bond acceptors (Lipinski definition) is 6. The van der Waals surface area contributed by atoms with E-state index in [1.54, 1.807) is 29.5 Å². The molecule has 8 heteroatoms. The van der Waals surface area contributed by atoms with Gasteiger partial charge in [-0.3, -0.25) is 9.78 Å². The summed E-state index contributed by atoms with van der Waals surface area (Å²) in [5.41, 5.74) is 1.50. The van der Waals surface area contributed by atoms with Crippen molar-refractivity contribution in [3.8, 4) is 0 Å². The Morgan fingerprint density at radius 1 is 1.04 bits per heavy atom. The molecule has 0 radical (unpaired) electrons. The lowest BCUT2D eigenvalue weighted by molar-refractivity contribution is 0.0740. The lowest BCUT2D eigenvalue weighted by Gasteiger charge is -2.34. The number of piperazine rings is 1. The van der Waals surface area contributed by atoms with Crippen LogP contribution in [0.1, 0.15) is 16.1 Å². The highest BCUT2D eigenvalue weighted by Crippen LogP contribution is 2.13. The summed E-state index contributed by atoms with van der Waals surface area (Å²) >= 11 is 0. The molecule has 0 aliphatic carbocycles. The van der Waals surface area contributed by atoms with Crippen molar-refractivity contribution < 1.29 is 4.79 Å². The van der Waals surface area contributed by atoms with E-state index in [-0.39, 0.29) is 5.91 Å². The Morgan fingerprint density at radius 3 is 2.58 bits per heavy atom. The molecule has 0 spiro atoms. The topological polar surface area (TPSA) is 80.0 Å². The third-order valence-electron chi connectivity index (χ3n) is 4.39. The highest BCUT2D eigenvalue weighted by Gasteiger charge is 2.24. The Balaban J connectivity index is 1.37. The molecule has 0 unspecified atom stereocenters. The minimum atomic E-state index is -0.0805. The smallest absolute Gasteiger partial charge is 0.276 e. The van der Waals surface area contributed by atoms with E-state index < -0.39 is 0 Å². The van der Waals surface area contributed by atoms with E-state index in [1.165, 1.54) is 0 Å². The number of aromatic nitrogens is 5. The second kappa shape index (κ2) is 7.30. The van der Waals surface area contributed by atoms with E-state index >= 15 is 0 Å². The molecule has 132 valence electrons. The third kappa shape index (κ3) is 3.53. The highest BCUT2D eigenvalue weighted by atomic mass is 16.2. The zero-order valence-electron chi connectivity index (χ0n) is 14.3. The van der Waals surface area contributed by atoms with Gasteiger partial charge in [-0.1, -0.05) is 35.5 Å². The molecular weight excluding hydrogens is 330 g/mol. The number of hydrogen-bond donors (Lipinski definition) is 0. The SMILES string of the molecule is O=C(c1cn(Cc2ccccc2)nn1)N1CCN(c2cnccn2)CC1. The number of amides is 1. The van der Waals surface area contributed by atoms with Gasteiger partial charge < -0.3 is 9.80 Å². The second-order valence-electron chi connectivity index (χ2n) is 6.13. The van der Waals surface area contributed by atoms with E-state index in [4.69, 9.17) is 0 Å². The van der Waals surface area contributed by atoms with Crippen molar-refractivity contribution in [2.45, 2.75) is 6.54 Å². The zero-order chi connectivity index (χ0) is 17.8. The van der Waals surface area contributed by atoms with Crippen molar-refractivity contribution in [1.29, 1.82) is 0 Å². The number of carbonyl (C=O) groups excluding carboxylic acids is 1. The van der Waals surface area contributed by atoms with Crippen LogP contribution in [0, 0.1) is 0 Å². The molecular formula is C18H19N7O. The van der Waals surface area contributed by atoms with E-state index in [9.17, 15) is 4.79 Å². The fourth-order valence-corrected chi connectivity index (χ4v) is 3.00. The van der Waals surface area contributed by atoms with Gasteiger partial charge in [0.1, 0.15) is 5.82 Å². The molecule has 3 heterocycles. The molecule has 0 atom stereocenters. The molecule has 8 nitrogen and oxygen atoms in total. The average Bonchev–Trinajstić information content (AvgIpc) is 3.17. The van der Waals surface area contributed by atoms with Gasteiger partial charge in [0.25, 0.3) is 5.91 Å². The van der Waals surface area contributed by atoms with Crippen LogP contribution in [0.3, 0.4) is 0 Å². The van der Waals surface area contributed by atoms with E-state index in [0.717, 1.165) is 24.5 Å². The molecule has 4 rings (SSSR count). The highest BCUT2D eigenvalue weighted by molar-refractivity contribution is 5.92. The van der Waals surface area contributed by atoms with Gasteiger partial charge in [-0.15, -0.1) is 5.10 Å². The maximum Gasteiger partial charge on any atom is 0.276 e. The molecule has 1 fully saturated rings. The van der Waals surface area contributed by atoms with E-state index in [0.29, 0.717) is 25.3 Å². The number of benzene rings is 1. The van der Waals surface area contributed by atoms with Gasteiger partial charge in [0.05, 0.1) is 18.9 Å². The summed E-state index contributed by atoms with van der Waals surface area (Å²) in [7, 11) is 0. The van der Waals surface area contributed by atoms with Crippen LogP contribution in [0.2, 0.25) is 0 Å². The van der Waals surface area contributed by atoms with Crippen LogP contribution in [0.15, 0.2) is 55.1 Å². The Labute approximate surface area is 151 Å². The number of nitrogens with zero attached hydrogens (tertiary/aromatic N) is 7. The fraction of sp³-hybridized carbons (Fsp3) is 0.278. The molecule has 1 amide bonds. The minimum Gasteiger partial charge on any atom is -0.352 e. The molecule has 26 heavy (non-hydrogen) atoms. The molecule has 0 bridgehead atoms. The van der Waals surface area contributed by atoms with Crippen molar-refractivity contribution in [1.82, 2.24) is 29.9 Å². The van der Waals surface area contributed by atoms with Gasteiger partial charge in [0, 0.05) is 38.6 Å². The van der Waals surface area contributed by atoms with Crippen LogP contribution in [0.4, 0.5) is 5.82 Å². The standard InChI is InChI=1S/C18H19N7O/c26-18(16-14-25(22-21-16)13-15-4-2-1-3-5-15)24-10-8-23(9-11-24)17-12-19-6-7-20-17/h1-7,12,14H,8-11,13H2. The number of carbonyl (C=O) groups is 1. The summed E-state index contributed by atoms with van der Waals surface area (Å²) < 4.78 is 1.69. The first kappa shape index (κ1) is 16.2. The first-order valence-corrected chi connectivity index (χ1v) is 8.54. The first-order valence-electron chi connectivity index (χ1n) is 8.54. The van der Waals surface area contributed by atoms with Crippen molar-refractivity contribution in [2.24, 2.45) is 0 Å². The quantitative estimate of drug-likeness (QED) is 0.701. The Hall–Kier alpha value is -3.29. The molecule has 0 N–H and O–H groups in total. The number of anilines is 1. The Kier molecular flexibility index (Phi) is 4.55. The van der Waals surface area contributed by atoms with E-state index in [1.807, 2.05) is 35.2 Å². The van der Waals surface area contributed by atoms with Crippen LogP contribution in [0.5, 0.6) is 0 Å². The summed E-state index contributed by atoms with van der Waals surface area (Å²) in [5, 5.41) is 8.13. The van der Waals surface area contributed by atoms with E-state index in [2.05, 4.69) is 25.2 Å². The third-order valence-corrected chi connectivity index (χ3v) is 4.39. The monoisotopic (exact) mass is 349 g/mol. The van der Waals surface area contributed by atoms with Gasteiger partial charge >= 0.3 is 0 Å². The summed E-state index contributed by atoms with van der Waals surface area (Å²) in [6.07, 6.45) is 6.79. The largest absolute Gasteiger partial charge is 0.352 e. The van der Waals surface area contributed by atoms with Crippen molar-refractivity contribution in [2.75, 3.05) is 31.1 Å². The molecule has 1 saturated heterocycles. The molecule has 1 aromatic carbocycles. The molecule has 1 aliphatic heterocycles.